The molecule has 0 saturated carbocycles. The van der Waals surface area contributed by atoms with Gasteiger partial charge in [-0.15, -0.1) is 0 Å². The van der Waals surface area contributed by atoms with Crippen LogP contribution in [-0.4, -0.2) is 18.6 Å². The van der Waals surface area contributed by atoms with Crippen LogP contribution in [0, 0.1) is 5.92 Å². The summed E-state index contributed by atoms with van der Waals surface area (Å²) in [6.45, 7) is 6.59. The number of nitrogens with zero attached hydrogens (tertiary/aromatic N) is 1. The van der Waals surface area contributed by atoms with E-state index in [-0.39, 0.29) is 5.54 Å². The average molecular weight is 218 g/mol. The molecule has 1 aromatic rings. The van der Waals surface area contributed by atoms with Crippen LogP contribution in [0.4, 0.5) is 5.69 Å². The van der Waals surface area contributed by atoms with Crippen molar-refractivity contribution in [3.8, 4) is 0 Å². The van der Waals surface area contributed by atoms with Crippen LogP contribution in [0.2, 0.25) is 0 Å². The third kappa shape index (κ3) is 2.22. The zero-order valence-electron chi connectivity index (χ0n) is 10.3. The second kappa shape index (κ2) is 4.46. The highest BCUT2D eigenvalue weighted by molar-refractivity contribution is 5.49. The quantitative estimate of drug-likeness (QED) is 0.827. The SMILES string of the molecule is CC1(C)CC(CN)CCN1c1ccccc1. The molecule has 88 valence electrons. The number of hydrogen-bond donors (Lipinski definition) is 1. The van der Waals surface area contributed by atoms with Gasteiger partial charge in [0.1, 0.15) is 0 Å². The minimum Gasteiger partial charge on any atom is -0.366 e. The van der Waals surface area contributed by atoms with Gasteiger partial charge in [-0.3, -0.25) is 0 Å². The van der Waals surface area contributed by atoms with Crippen molar-refractivity contribution < 1.29 is 0 Å². The van der Waals surface area contributed by atoms with Gasteiger partial charge < -0.3 is 10.6 Å². The molecule has 1 aromatic carbocycles. The maximum Gasteiger partial charge on any atom is 0.0370 e. The highest BCUT2D eigenvalue weighted by Crippen LogP contribution is 2.34. The molecular weight excluding hydrogens is 196 g/mol. The first kappa shape index (κ1) is 11.5. The van der Waals surface area contributed by atoms with Gasteiger partial charge >= 0.3 is 0 Å². The molecule has 0 amide bonds. The predicted octanol–water partition coefficient (Wildman–Crippen LogP) is 2.64. The first-order valence-electron chi connectivity index (χ1n) is 6.16. The van der Waals surface area contributed by atoms with Crippen LogP contribution in [0.25, 0.3) is 0 Å². The number of hydrogen-bond acceptors (Lipinski definition) is 2. The van der Waals surface area contributed by atoms with E-state index in [1.165, 1.54) is 18.5 Å². The molecule has 1 saturated heterocycles. The van der Waals surface area contributed by atoms with Gasteiger partial charge in [-0.2, -0.15) is 0 Å². The lowest BCUT2D eigenvalue weighted by molar-refractivity contribution is 0.279. The van der Waals surface area contributed by atoms with Gasteiger partial charge in [-0.25, -0.2) is 0 Å². The third-order valence-corrected chi connectivity index (χ3v) is 3.68. The molecule has 1 fully saturated rings. The minimum absolute atomic E-state index is 0.226. The number of rotatable bonds is 2. The van der Waals surface area contributed by atoms with E-state index < -0.39 is 0 Å². The van der Waals surface area contributed by atoms with E-state index in [2.05, 4.69) is 49.1 Å². The second-order valence-electron chi connectivity index (χ2n) is 5.39. The maximum atomic E-state index is 5.79. The van der Waals surface area contributed by atoms with Gasteiger partial charge in [0.15, 0.2) is 0 Å². The fourth-order valence-corrected chi connectivity index (χ4v) is 2.82. The van der Waals surface area contributed by atoms with Crippen molar-refractivity contribution in [2.75, 3.05) is 18.0 Å². The summed E-state index contributed by atoms with van der Waals surface area (Å²) in [5.41, 5.74) is 7.35. The summed E-state index contributed by atoms with van der Waals surface area (Å²) >= 11 is 0. The Balaban J connectivity index is 2.18. The lowest BCUT2D eigenvalue weighted by Gasteiger charge is -2.47. The molecule has 1 aliphatic heterocycles. The molecule has 2 heteroatoms. The summed E-state index contributed by atoms with van der Waals surface area (Å²) in [4.78, 5) is 2.51. The fraction of sp³-hybridized carbons (Fsp3) is 0.571. The van der Waals surface area contributed by atoms with Crippen molar-refractivity contribution in [1.82, 2.24) is 0 Å². The van der Waals surface area contributed by atoms with Crippen molar-refractivity contribution in [3.63, 3.8) is 0 Å². The van der Waals surface area contributed by atoms with E-state index >= 15 is 0 Å². The number of piperidine rings is 1. The average Bonchev–Trinajstić information content (AvgIpc) is 2.28. The fourth-order valence-electron chi connectivity index (χ4n) is 2.82. The molecule has 0 aromatic heterocycles. The largest absolute Gasteiger partial charge is 0.366 e. The normalized spacial score (nSPS) is 24.4. The van der Waals surface area contributed by atoms with Gasteiger partial charge in [0.05, 0.1) is 0 Å². The number of anilines is 1. The summed E-state index contributed by atoms with van der Waals surface area (Å²) in [5, 5.41) is 0. The Morgan fingerprint density at radius 2 is 2.00 bits per heavy atom. The lowest BCUT2D eigenvalue weighted by atomic mass is 9.82. The van der Waals surface area contributed by atoms with Crippen LogP contribution in [0.3, 0.4) is 0 Å². The van der Waals surface area contributed by atoms with Gasteiger partial charge in [0, 0.05) is 17.8 Å². The summed E-state index contributed by atoms with van der Waals surface area (Å²) in [5.74, 6) is 0.690. The van der Waals surface area contributed by atoms with Crippen LogP contribution in [-0.2, 0) is 0 Å². The number of benzene rings is 1. The Morgan fingerprint density at radius 1 is 1.31 bits per heavy atom. The van der Waals surface area contributed by atoms with Crippen LogP contribution in [0.15, 0.2) is 30.3 Å². The third-order valence-electron chi connectivity index (χ3n) is 3.68. The maximum absolute atomic E-state index is 5.79. The zero-order chi connectivity index (χ0) is 11.6. The van der Waals surface area contributed by atoms with Crippen LogP contribution >= 0.6 is 0 Å². The molecule has 2 nitrogen and oxygen atoms in total. The van der Waals surface area contributed by atoms with Gasteiger partial charge in [0.25, 0.3) is 0 Å². The first-order valence-corrected chi connectivity index (χ1v) is 6.16. The van der Waals surface area contributed by atoms with E-state index in [9.17, 15) is 0 Å². The van der Waals surface area contributed by atoms with Crippen molar-refractivity contribution >= 4 is 5.69 Å². The van der Waals surface area contributed by atoms with Gasteiger partial charge in [-0.05, 0) is 51.3 Å². The van der Waals surface area contributed by atoms with E-state index in [1.54, 1.807) is 0 Å². The van der Waals surface area contributed by atoms with Crippen molar-refractivity contribution in [2.24, 2.45) is 11.7 Å². The molecule has 1 unspecified atom stereocenters. The predicted molar refractivity (Wildman–Crippen MR) is 69.6 cm³/mol. The number of nitrogens with two attached hydrogens (primary N) is 1. The monoisotopic (exact) mass is 218 g/mol. The molecule has 1 atom stereocenters. The summed E-state index contributed by atoms with van der Waals surface area (Å²) in [7, 11) is 0. The summed E-state index contributed by atoms with van der Waals surface area (Å²) in [6.07, 6.45) is 2.41. The smallest absolute Gasteiger partial charge is 0.0370 e. The molecule has 2 rings (SSSR count). The Hall–Kier alpha value is -1.02. The highest BCUT2D eigenvalue weighted by Gasteiger charge is 2.33. The molecular formula is C14H22N2. The minimum atomic E-state index is 0.226. The first-order chi connectivity index (χ1) is 7.63. The van der Waals surface area contributed by atoms with E-state index in [0.717, 1.165) is 13.1 Å². The Morgan fingerprint density at radius 3 is 2.56 bits per heavy atom. The molecule has 0 bridgehead atoms. The Bertz CT molecular complexity index is 332. The summed E-state index contributed by atoms with van der Waals surface area (Å²) in [6, 6.07) is 10.7. The van der Waals surface area contributed by atoms with E-state index in [0.29, 0.717) is 5.92 Å². The summed E-state index contributed by atoms with van der Waals surface area (Å²) < 4.78 is 0. The Labute approximate surface area is 98.4 Å². The molecule has 1 aliphatic rings. The number of para-hydroxylation sites is 1. The molecule has 1 heterocycles. The molecule has 0 radical (unpaired) electrons. The lowest BCUT2D eigenvalue weighted by Crippen LogP contribution is -2.51. The molecule has 0 aliphatic carbocycles. The molecule has 16 heavy (non-hydrogen) atoms. The van der Waals surface area contributed by atoms with E-state index in [1.807, 2.05) is 0 Å². The van der Waals surface area contributed by atoms with Crippen molar-refractivity contribution in [2.45, 2.75) is 32.2 Å². The molecule has 0 spiro atoms. The van der Waals surface area contributed by atoms with Crippen LogP contribution in [0.5, 0.6) is 0 Å². The Kier molecular flexibility index (Phi) is 3.20. The van der Waals surface area contributed by atoms with Crippen LogP contribution in [0.1, 0.15) is 26.7 Å². The van der Waals surface area contributed by atoms with Crippen molar-refractivity contribution in [1.29, 1.82) is 0 Å². The second-order valence-corrected chi connectivity index (χ2v) is 5.39. The van der Waals surface area contributed by atoms with E-state index in [4.69, 9.17) is 5.73 Å². The van der Waals surface area contributed by atoms with Gasteiger partial charge in [-0.1, -0.05) is 18.2 Å². The zero-order valence-corrected chi connectivity index (χ0v) is 10.3. The highest BCUT2D eigenvalue weighted by atomic mass is 15.2. The standard InChI is InChI=1S/C14H22N2/c1-14(2)10-12(11-15)8-9-16(14)13-6-4-3-5-7-13/h3-7,12H,8-11,15H2,1-2H3. The van der Waals surface area contributed by atoms with Crippen LogP contribution < -0.4 is 10.6 Å². The van der Waals surface area contributed by atoms with Gasteiger partial charge in [0.2, 0.25) is 0 Å². The van der Waals surface area contributed by atoms with Crippen molar-refractivity contribution in [3.05, 3.63) is 30.3 Å². The topological polar surface area (TPSA) is 29.3 Å². The molecule has 2 N–H and O–H groups in total.